The first-order valence-corrected chi connectivity index (χ1v) is 12.4. The average Bonchev–Trinajstić information content (AvgIpc) is 2.89. The minimum Gasteiger partial charge on any atom is -0.482 e. The molecule has 9 nitrogen and oxygen atoms in total. The molecule has 0 spiro atoms. The van der Waals surface area contributed by atoms with Crippen LogP contribution >= 0.6 is 23.2 Å². The van der Waals surface area contributed by atoms with Gasteiger partial charge in [0.05, 0.1) is 35.0 Å². The fourth-order valence-electron chi connectivity index (χ4n) is 3.88. The van der Waals surface area contributed by atoms with Crippen molar-refractivity contribution in [2.75, 3.05) is 28.7 Å². The van der Waals surface area contributed by atoms with Crippen molar-refractivity contribution in [3.05, 3.63) is 82.3 Å². The number of benzene rings is 3. The van der Waals surface area contributed by atoms with Crippen molar-refractivity contribution >= 4 is 64.0 Å². The average molecular weight is 556 g/mol. The summed E-state index contributed by atoms with van der Waals surface area (Å²) in [5.41, 5.74) is 1.62. The van der Waals surface area contributed by atoms with Gasteiger partial charge in [0.25, 0.3) is 5.91 Å². The van der Waals surface area contributed by atoms with Crippen LogP contribution in [0.25, 0.3) is 0 Å². The third-order valence-corrected chi connectivity index (χ3v) is 6.14. The fourth-order valence-corrected chi connectivity index (χ4v) is 4.34. The van der Waals surface area contributed by atoms with Crippen molar-refractivity contribution in [3.63, 3.8) is 0 Å². The van der Waals surface area contributed by atoms with Crippen LogP contribution < -0.4 is 20.3 Å². The number of ether oxygens (including phenoxy) is 2. The first-order chi connectivity index (χ1) is 18.3. The van der Waals surface area contributed by atoms with Crippen molar-refractivity contribution in [1.82, 2.24) is 0 Å². The molecular weight excluding hydrogens is 533 g/mol. The molecule has 2 N–H and O–H groups in total. The summed E-state index contributed by atoms with van der Waals surface area (Å²) in [6.45, 7) is 1.52. The Labute approximate surface area is 228 Å². The van der Waals surface area contributed by atoms with E-state index in [1.807, 2.05) is 0 Å². The van der Waals surface area contributed by atoms with Crippen LogP contribution in [0.5, 0.6) is 5.75 Å². The lowest BCUT2D eigenvalue weighted by molar-refractivity contribution is -0.127. The number of halogens is 2. The Bertz CT molecular complexity index is 1380. The summed E-state index contributed by atoms with van der Waals surface area (Å²) in [6, 6.07) is 16.4. The zero-order chi connectivity index (χ0) is 27.2. The first-order valence-electron chi connectivity index (χ1n) is 11.6. The summed E-state index contributed by atoms with van der Waals surface area (Å²) in [6.07, 6.45) is -0.326. The zero-order valence-corrected chi connectivity index (χ0v) is 21.7. The molecule has 3 amide bonds. The van der Waals surface area contributed by atoms with E-state index in [1.165, 1.54) is 29.2 Å². The van der Waals surface area contributed by atoms with Gasteiger partial charge >= 0.3 is 5.97 Å². The number of carbonyl (C=O) groups excluding carboxylic acids is 4. The molecule has 0 aromatic heterocycles. The maximum absolute atomic E-state index is 13.3. The summed E-state index contributed by atoms with van der Waals surface area (Å²) in [5, 5.41) is 6.08. The molecule has 3 aromatic carbocycles. The summed E-state index contributed by atoms with van der Waals surface area (Å²) in [4.78, 5) is 52.3. The molecule has 0 unspecified atom stereocenters. The SMILES string of the molecule is CCOC(=O)c1ccc(NC(=O)C[C@@H]2C(=O)Nc3ccccc3N2C(=O)COc2ccc(Cl)cc2Cl)cc1. The Balaban J connectivity index is 1.50. The van der Waals surface area contributed by atoms with E-state index in [0.29, 0.717) is 27.6 Å². The molecule has 0 radical (unpaired) electrons. The maximum Gasteiger partial charge on any atom is 0.338 e. The molecular formula is C27H23Cl2N3O6. The molecule has 11 heteroatoms. The normalized spacial score (nSPS) is 14.2. The molecule has 4 rings (SSSR count). The van der Waals surface area contributed by atoms with Gasteiger partial charge in [-0.1, -0.05) is 35.3 Å². The number of anilines is 3. The smallest absolute Gasteiger partial charge is 0.338 e. The van der Waals surface area contributed by atoms with Crippen molar-refractivity contribution in [3.8, 4) is 5.75 Å². The highest BCUT2D eigenvalue weighted by molar-refractivity contribution is 6.35. The molecule has 3 aromatic rings. The van der Waals surface area contributed by atoms with Crippen molar-refractivity contribution in [2.45, 2.75) is 19.4 Å². The van der Waals surface area contributed by atoms with Crippen molar-refractivity contribution in [1.29, 1.82) is 0 Å². The number of hydrogen-bond donors (Lipinski definition) is 2. The van der Waals surface area contributed by atoms with Crippen LogP contribution in [-0.4, -0.2) is 42.9 Å². The molecule has 0 aliphatic carbocycles. The molecule has 0 saturated carbocycles. The standard InChI is InChI=1S/C27H23Cl2N3O6/c1-2-37-27(36)16-7-10-18(11-8-16)30-24(33)14-22-26(35)31-20-5-3-4-6-21(20)32(22)25(34)15-38-23-12-9-17(28)13-19(23)29/h3-13,22H,2,14-15H2,1H3,(H,30,33)(H,31,35)/t22-/m1/s1. The Morgan fingerprint density at radius 1 is 1.03 bits per heavy atom. The van der Waals surface area contributed by atoms with Crippen LogP contribution in [0.15, 0.2) is 66.7 Å². The number of rotatable bonds is 8. The topological polar surface area (TPSA) is 114 Å². The minimum atomic E-state index is -1.14. The van der Waals surface area contributed by atoms with Crippen LogP contribution in [0.3, 0.4) is 0 Å². The molecule has 1 aliphatic heterocycles. The Kier molecular flexibility index (Phi) is 8.50. The number of nitrogens with zero attached hydrogens (tertiary/aromatic N) is 1. The van der Waals surface area contributed by atoms with Gasteiger partial charge in [0.2, 0.25) is 11.8 Å². The van der Waals surface area contributed by atoms with Crippen LogP contribution in [0.4, 0.5) is 17.1 Å². The summed E-state index contributed by atoms with van der Waals surface area (Å²) < 4.78 is 10.6. The Morgan fingerprint density at radius 3 is 2.47 bits per heavy atom. The van der Waals surface area contributed by atoms with E-state index >= 15 is 0 Å². The predicted octanol–water partition coefficient (Wildman–Crippen LogP) is 4.93. The molecule has 196 valence electrons. The lowest BCUT2D eigenvalue weighted by atomic mass is 10.0. The van der Waals surface area contributed by atoms with E-state index in [2.05, 4.69) is 10.6 Å². The highest BCUT2D eigenvalue weighted by Gasteiger charge is 2.38. The Hall–Kier alpha value is -4.08. The summed E-state index contributed by atoms with van der Waals surface area (Å²) >= 11 is 12.1. The van der Waals surface area contributed by atoms with Crippen LogP contribution in [0.1, 0.15) is 23.7 Å². The molecule has 1 heterocycles. The largest absolute Gasteiger partial charge is 0.482 e. The second kappa shape index (κ2) is 12.0. The van der Waals surface area contributed by atoms with E-state index in [9.17, 15) is 19.2 Å². The van der Waals surface area contributed by atoms with E-state index in [4.69, 9.17) is 32.7 Å². The van der Waals surface area contributed by atoms with Gasteiger partial charge in [-0.25, -0.2) is 4.79 Å². The van der Waals surface area contributed by atoms with E-state index in [-0.39, 0.29) is 23.8 Å². The van der Waals surface area contributed by atoms with Crippen LogP contribution in [0.2, 0.25) is 10.0 Å². The third-order valence-electron chi connectivity index (χ3n) is 5.61. The maximum atomic E-state index is 13.3. The summed E-state index contributed by atoms with van der Waals surface area (Å²) in [7, 11) is 0. The van der Waals surface area contributed by atoms with E-state index in [0.717, 1.165) is 0 Å². The third kappa shape index (κ3) is 6.24. The monoisotopic (exact) mass is 555 g/mol. The van der Waals surface area contributed by atoms with E-state index < -0.39 is 36.3 Å². The predicted molar refractivity (Wildman–Crippen MR) is 144 cm³/mol. The number of hydrogen-bond acceptors (Lipinski definition) is 6. The lowest BCUT2D eigenvalue weighted by Crippen LogP contribution is -2.53. The number of esters is 1. The Morgan fingerprint density at radius 2 is 1.76 bits per heavy atom. The molecule has 0 bridgehead atoms. The van der Waals surface area contributed by atoms with Gasteiger partial charge in [-0.3, -0.25) is 19.3 Å². The molecule has 0 fully saturated rings. The molecule has 38 heavy (non-hydrogen) atoms. The second-order valence-electron chi connectivity index (χ2n) is 8.20. The molecule has 0 saturated heterocycles. The first kappa shape index (κ1) is 27.0. The van der Waals surface area contributed by atoms with Gasteiger partial charge in [0.1, 0.15) is 11.8 Å². The quantitative estimate of drug-likeness (QED) is 0.381. The second-order valence-corrected chi connectivity index (χ2v) is 9.04. The van der Waals surface area contributed by atoms with Gasteiger partial charge < -0.3 is 20.1 Å². The lowest BCUT2D eigenvalue weighted by Gasteiger charge is -2.36. The zero-order valence-electron chi connectivity index (χ0n) is 20.2. The highest BCUT2D eigenvalue weighted by atomic mass is 35.5. The number of amides is 3. The van der Waals surface area contributed by atoms with Gasteiger partial charge in [-0.2, -0.15) is 0 Å². The van der Waals surface area contributed by atoms with Crippen molar-refractivity contribution in [2.24, 2.45) is 0 Å². The molecule has 1 aliphatic rings. The number of carbonyl (C=O) groups is 4. The van der Waals surface area contributed by atoms with Crippen LogP contribution in [-0.2, 0) is 19.1 Å². The fraction of sp³-hybridized carbons (Fsp3) is 0.185. The van der Waals surface area contributed by atoms with E-state index in [1.54, 1.807) is 49.4 Å². The number of fused-ring (bicyclic) bond motifs is 1. The number of nitrogens with one attached hydrogen (secondary N) is 2. The highest BCUT2D eigenvalue weighted by Crippen LogP contribution is 2.34. The minimum absolute atomic E-state index is 0.229. The number of para-hydroxylation sites is 2. The van der Waals surface area contributed by atoms with Crippen molar-refractivity contribution < 1.29 is 28.7 Å². The van der Waals surface area contributed by atoms with Gasteiger partial charge in [-0.05, 0) is 61.5 Å². The van der Waals surface area contributed by atoms with Gasteiger partial charge in [0, 0.05) is 10.7 Å². The summed E-state index contributed by atoms with van der Waals surface area (Å²) in [5.74, 6) is -1.80. The van der Waals surface area contributed by atoms with Crippen LogP contribution in [0, 0.1) is 0 Å². The van der Waals surface area contributed by atoms with Gasteiger partial charge in [0.15, 0.2) is 6.61 Å². The van der Waals surface area contributed by atoms with Gasteiger partial charge in [-0.15, -0.1) is 0 Å². The molecule has 1 atom stereocenters.